The average Bonchev–Trinajstić information content (AvgIpc) is 2.57. The Hall–Kier alpha value is -2.58. The van der Waals surface area contributed by atoms with E-state index in [0.29, 0.717) is 18.2 Å². The lowest BCUT2D eigenvalue weighted by Gasteiger charge is -2.19. The number of anilines is 2. The molecule has 2 aromatic rings. The summed E-state index contributed by atoms with van der Waals surface area (Å²) in [4.78, 5) is 12.4. The van der Waals surface area contributed by atoms with Gasteiger partial charge in [0.05, 0.1) is 11.6 Å². The van der Waals surface area contributed by atoms with Crippen molar-refractivity contribution in [1.29, 1.82) is 0 Å². The standard InChI is InChI=1S/C17H22F3N5O/c1-4-12(22-16-24-14(10(2)3)23-15(21)25-16)9-26-13-7-5-6-11(8-13)17(18,19)20/h5-8,10,12H,4,9H2,1-3H3,(H3,21,22,23,24,25). The normalized spacial score (nSPS) is 12.9. The van der Waals surface area contributed by atoms with E-state index in [1.807, 2.05) is 20.8 Å². The number of nitrogens with two attached hydrogens (primary N) is 1. The van der Waals surface area contributed by atoms with Crippen LogP contribution in [0.1, 0.15) is 44.5 Å². The molecule has 1 atom stereocenters. The first-order chi connectivity index (χ1) is 12.2. The summed E-state index contributed by atoms with van der Waals surface area (Å²) in [5, 5.41) is 3.09. The number of nitrogen functional groups attached to an aromatic ring is 1. The number of nitrogens with zero attached hydrogens (tertiary/aromatic N) is 3. The Kier molecular flexibility index (Phi) is 6.23. The Labute approximate surface area is 150 Å². The molecule has 0 bridgehead atoms. The first kappa shape index (κ1) is 19.7. The van der Waals surface area contributed by atoms with Crippen LogP contribution in [0.5, 0.6) is 5.75 Å². The number of nitrogens with one attached hydrogen (secondary N) is 1. The lowest BCUT2D eigenvalue weighted by Crippen LogP contribution is -2.28. The van der Waals surface area contributed by atoms with E-state index in [2.05, 4.69) is 20.3 Å². The maximum absolute atomic E-state index is 12.8. The summed E-state index contributed by atoms with van der Waals surface area (Å²) in [5.74, 6) is 1.23. The van der Waals surface area contributed by atoms with E-state index < -0.39 is 11.7 Å². The molecule has 0 aliphatic heterocycles. The minimum atomic E-state index is -4.41. The molecule has 0 radical (unpaired) electrons. The second kappa shape index (κ2) is 8.20. The van der Waals surface area contributed by atoms with E-state index in [4.69, 9.17) is 10.5 Å². The van der Waals surface area contributed by atoms with E-state index in [1.165, 1.54) is 12.1 Å². The van der Waals surface area contributed by atoms with Crippen molar-refractivity contribution in [3.8, 4) is 5.75 Å². The molecule has 0 spiro atoms. The molecular weight excluding hydrogens is 347 g/mol. The van der Waals surface area contributed by atoms with Gasteiger partial charge in [-0.3, -0.25) is 0 Å². The van der Waals surface area contributed by atoms with Crippen molar-refractivity contribution in [3.05, 3.63) is 35.7 Å². The van der Waals surface area contributed by atoms with Crippen LogP contribution in [0.4, 0.5) is 25.1 Å². The highest BCUT2D eigenvalue weighted by Gasteiger charge is 2.30. The molecule has 0 aliphatic carbocycles. The first-order valence-electron chi connectivity index (χ1n) is 8.27. The smallest absolute Gasteiger partial charge is 0.416 e. The van der Waals surface area contributed by atoms with Crippen molar-refractivity contribution >= 4 is 11.9 Å². The summed E-state index contributed by atoms with van der Waals surface area (Å²) < 4.78 is 43.8. The van der Waals surface area contributed by atoms with Gasteiger partial charge in [0.15, 0.2) is 0 Å². The molecule has 26 heavy (non-hydrogen) atoms. The van der Waals surface area contributed by atoms with Crippen molar-refractivity contribution in [2.75, 3.05) is 17.7 Å². The van der Waals surface area contributed by atoms with Crippen LogP contribution in [-0.2, 0) is 6.18 Å². The zero-order chi connectivity index (χ0) is 19.3. The van der Waals surface area contributed by atoms with Gasteiger partial charge in [0.1, 0.15) is 18.2 Å². The Bertz CT molecular complexity index is 737. The van der Waals surface area contributed by atoms with Gasteiger partial charge in [-0.2, -0.15) is 28.1 Å². The van der Waals surface area contributed by atoms with E-state index in [-0.39, 0.29) is 30.3 Å². The van der Waals surface area contributed by atoms with Crippen molar-refractivity contribution < 1.29 is 17.9 Å². The summed E-state index contributed by atoms with van der Waals surface area (Å²) in [6.07, 6.45) is -3.75. The quantitative estimate of drug-likeness (QED) is 0.771. The fourth-order valence-electron chi connectivity index (χ4n) is 2.14. The molecule has 0 aliphatic rings. The molecule has 1 heterocycles. The third-order valence-electron chi connectivity index (χ3n) is 3.62. The molecule has 9 heteroatoms. The maximum atomic E-state index is 12.8. The lowest BCUT2D eigenvalue weighted by atomic mass is 10.2. The maximum Gasteiger partial charge on any atom is 0.416 e. The number of rotatable bonds is 7. The summed E-state index contributed by atoms with van der Waals surface area (Å²) >= 11 is 0. The zero-order valence-electron chi connectivity index (χ0n) is 14.8. The van der Waals surface area contributed by atoms with Gasteiger partial charge in [0, 0.05) is 5.92 Å². The fraction of sp³-hybridized carbons (Fsp3) is 0.471. The molecule has 0 amide bonds. The Morgan fingerprint density at radius 2 is 1.92 bits per heavy atom. The molecule has 1 unspecified atom stereocenters. The molecule has 1 aromatic carbocycles. The number of hydrogen-bond acceptors (Lipinski definition) is 6. The summed E-state index contributed by atoms with van der Waals surface area (Å²) in [6.45, 7) is 5.95. The third-order valence-corrected chi connectivity index (χ3v) is 3.62. The van der Waals surface area contributed by atoms with Crippen LogP contribution in [0, 0.1) is 0 Å². The second-order valence-corrected chi connectivity index (χ2v) is 6.12. The predicted molar refractivity (Wildman–Crippen MR) is 93.0 cm³/mol. The largest absolute Gasteiger partial charge is 0.491 e. The van der Waals surface area contributed by atoms with Crippen LogP contribution < -0.4 is 15.8 Å². The molecule has 142 valence electrons. The highest BCUT2D eigenvalue weighted by atomic mass is 19.4. The van der Waals surface area contributed by atoms with Crippen molar-refractivity contribution in [3.63, 3.8) is 0 Å². The van der Waals surface area contributed by atoms with Crippen LogP contribution in [0.2, 0.25) is 0 Å². The number of ether oxygens (including phenoxy) is 1. The van der Waals surface area contributed by atoms with E-state index in [1.54, 1.807) is 0 Å². The fourth-order valence-corrected chi connectivity index (χ4v) is 2.14. The number of halogens is 3. The summed E-state index contributed by atoms with van der Waals surface area (Å²) in [5.41, 5.74) is 4.95. The van der Waals surface area contributed by atoms with Gasteiger partial charge in [-0.15, -0.1) is 0 Å². The molecule has 1 aromatic heterocycles. The van der Waals surface area contributed by atoms with E-state index >= 15 is 0 Å². The topological polar surface area (TPSA) is 86.0 Å². The molecule has 0 saturated heterocycles. The number of hydrogen-bond donors (Lipinski definition) is 2. The highest BCUT2D eigenvalue weighted by Crippen LogP contribution is 2.31. The van der Waals surface area contributed by atoms with Gasteiger partial charge in [-0.05, 0) is 24.6 Å². The number of aromatic nitrogens is 3. The molecule has 0 fully saturated rings. The minimum absolute atomic E-state index is 0.0854. The Morgan fingerprint density at radius 3 is 2.54 bits per heavy atom. The molecular formula is C17H22F3N5O. The SMILES string of the molecule is CCC(COc1cccc(C(F)(F)F)c1)Nc1nc(N)nc(C(C)C)n1. The number of benzene rings is 1. The van der Waals surface area contributed by atoms with E-state index in [9.17, 15) is 13.2 Å². The first-order valence-corrected chi connectivity index (χ1v) is 8.27. The van der Waals surface area contributed by atoms with Crippen molar-refractivity contribution in [2.45, 2.75) is 45.3 Å². The van der Waals surface area contributed by atoms with Gasteiger partial charge in [0.25, 0.3) is 0 Å². The third kappa shape index (κ3) is 5.47. The van der Waals surface area contributed by atoms with Crippen LogP contribution in [0.3, 0.4) is 0 Å². The van der Waals surface area contributed by atoms with E-state index in [0.717, 1.165) is 12.1 Å². The van der Waals surface area contributed by atoms with Crippen molar-refractivity contribution in [1.82, 2.24) is 15.0 Å². The molecule has 6 nitrogen and oxygen atoms in total. The van der Waals surface area contributed by atoms with Gasteiger partial charge < -0.3 is 15.8 Å². The summed E-state index contributed by atoms with van der Waals surface area (Å²) in [7, 11) is 0. The lowest BCUT2D eigenvalue weighted by molar-refractivity contribution is -0.137. The van der Waals surface area contributed by atoms with Crippen LogP contribution in [0.15, 0.2) is 24.3 Å². The monoisotopic (exact) mass is 369 g/mol. The predicted octanol–water partition coefficient (Wildman–Crippen LogP) is 3.87. The second-order valence-electron chi connectivity index (χ2n) is 6.12. The van der Waals surface area contributed by atoms with Gasteiger partial charge >= 0.3 is 6.18 Å². The van der Waals surface area contributed by atoms with Gasteiger partial charge in [0.2, 0.25) is 11.9 Å². The highest BCUT2D eigenvalue weighted by molar-refractivity contribution is 5.33. The van der Waals surface area contributed by atoms with Crippen LogP contribution in [0.25, 0.3) is 0 Å². The summed E-state index contributed by atoms with van der Waals surface area (Å²) in [6, 6.07) is 4.58. The van der Waals surface area contributed by atoms with Crippen LogP contribution >= 0.6 is 0 Å². The molecule has 2 rings (SSSR count). The van der Waals surface area contributed by atoms with Gasteiger partial charge in [-0.25, -0.2) is 0 Å². The zero-order valence-corrected chi connectivity index (χ0v) is 14.8. The number of alkyl halides is 3. The molecule has 0 saturated carbocycles. The average molecular weight is 369 g/mol. The Balaban J connectivity index is 2.04. The van der Waals surface area contributed by atoms with Crippen LogP contribution in [-0.4, -0.2) is 27.6 Å². The Morgan fingerprint density at radius 1 is 1.19 bits per heavy atom. The minimum Gasteiger partial charge on any atom is -0.491 e. The van der Waals surface area contributed by atoms with Crippen molar-refractivity contribution in [2.24, 2.45) is 0 Å². The molecule has 3 N–H and O–H groups in total. The van der Waals surface area contributed by atoms with Gasteiger partial charge in [-0.1, -0.05) is 26.8 Å².